The second-order valence-electron chi connectivity index (χ2n) is 6.52. The number of ether oxygens (including phenoxy) is 2. The maximum atomic E-state index is 10.7. The largest absolute Gasteiger partial charge is 0.454 e. The Kier molecular flexibility index (Phi) is 3.38. The highest BCUT2D eigenvalue weighted by Crippen LogP contribution is 2.43. The van der Waals surface area contributed by atoms with Gasteiger partial charge in [0.15, 0.2) is 11.5 Å². The Morgan fingerprint density at radius 2 is 1.90 bits per heavy atom. The van der Waals surface area contributed by atoms with Gasteiger partial charge < -0.3 is 14.6 Å². The second-order valence-corrected chi connectivity index (χ2v) is 6.52. The predicted octanol–water partition coefficient (Wildman–Crippen LogP) is 3.76. The van der Waals surface area contributed by atoms with Crippen LogP contribution in [0, 0.1) is 11.8 Å². The third kappa shape index (κ3) is 2.44. The maximum absolute atomic E-state index is 10.7. The number of aliphatic hydroxyl groups is 1. The molecule has 112 valence electrons. The van der Waals surface area contributed by atoms with Crippen molar-refractivity contribution in [2.75, 3.05) is 6.79 Å². The normalized spacial score (nSPS) is 33.0. The molecule has 1 aromatic carbocycles. The lowest BCUT2D eigenvalue weighted by molar-refractivity contribution is 0.0483. The summed E-state index contributed by atoms with van der Waals surface area (Å²) in [5.74, 6) is 2.84. The van der Waals surface area contributed by atoms with Gasteiger partial charge in [-0.15, -0.1) is 0 Å². The van der Waals surface area contributed by atoms with Crippen LogP contribution in [-0.2, 0) is 0 Å². The number of hydrogen-bond donors (Lipinski definition) is 1. The third-order valence-electron chi connectivity index (χ3n) is 5.31. The van der Waals surface area contributed by atoms with E-state index in [0.717, 1.165) is 29.4 Å². The number of benzene rings is 1. The predicted molar refractivity (Wildman–Crippen MR) is 81.2 cm³/mol. The number of fused-ring (bicyclic) bond motifs is 2. The van der Waals surface area contributed by atoms with E-state index in [1.807, 2.05) is 18.2 Å². The zero-order valence-corrected chi connectivity index (χ0v) is 12.3. The fourth-order valence-corrected chi connectivity index (χ4v) is 4.16. The van der Waals surface area contributed by atoms with Crippen molar-refractivity contribution in [1.82, 2.24) is 0 Å². The first-order valence-electron chi connectivity index (χ1n) is 8.09. The highest BCUT2D eigenvalue weighted by Gasteiger charge is 2.36. The quantitative estimate of drug-likeness (QED) is 0.854. The minimum atomic E-state index is -0.255. The van der Waals surface area contributed by atoms with Crippen molar-refractivity contribution in [2.24, 2.45) is 11.8 Å². The summed E-state index contributed by atoms with van der Waals surface area (Å²) in [6, 6.07) is 6.00. The standard InChI is InChI=1S/C18H22O3/c19-18-14(7-6-13-3-1-2-4-15(13)18)9-12-5-8-16-17(10-12)21-11-20-16/h5,8-10,13,15,18-19H,1-4,6-7,11H2/b14-9-. The van der Waals surface area contributed by atoms with E-state index >= 15 is 0 Å². The number of hydrogen-bond acceptors (Lipinski definition) is 3. The lowest BCUT2D eigenvalue weighted by Crippen LogP contribution is -2.36. The Hall–Kier alpha value is -1.48. The molecule has 0 bridgehead atoms. The summed E-state index contributed by atoms with van der Waals surface area (Å²) < 4.78 is 10.8. The molecule has 3 atom stereocenters. The second kappa shape index (κ2) is 5.38. The summed E-state index contributed by atoms with van der Waals surface area (Å²) in [6.07, 6.45) is 9.26. The van der Waals surface area contributed by atoms with Gasteiger partial charge in [-0.1, -0.05) is 31.4 Å². The Bertz CT molecular complexity index is 564. The van der Waals surface area contributed by atoms with Crippen molar-refractivity contribution in [1.29, 1.82) is 0 Å². The third-order valence-corrected chi connectivity index (χ3v) is 5.31. The topological polar surface area (TPSA) is 38.7 Å². The van der Waals surface area contributed by atoms with Gasteiger partial charge in [0.05, 0.1) is 6.10 Å². The summed E-state index contributed by atoms with van der Waals surface area (Å²) in [6.45, 7) is 0.307. The van der Waals surface area contributed by atoms with Gasteiger partial charge in [-0.3, -0.25) is 0 Å². The van der Waals surface area contributed by atoms with Crippen LogP contribution in [0.2, 0.25) is 0 Å². The molecule has 0 aromatic heterocycles. The van der Waals surface area contributed by atoms with Crippen molar-refractivity contribution in [3.8, 4) is 11.5 Å². The van der Waals surface area contributed by atoms with Crippen molar-refractivity contribution in [2.45, 2.75) is 44.6 Å². The van der Waals surface area contributed by atoms with Crippen LogP contribution in [0.1, 0.15) is 44.1 Å². The van der Waals surface area contributed by atoms with Crippen molar-refractivity contribution in [3.05, 3.63) is 29.3 Å². The molecule has 21 heavy (non-hydrogen) atoms. The Labute approximate surface area is 125 Å². The smallest absolute Gasteiger partial charge is 0.231 e. The maximum Gasteiger partial charge on any atom is 0.231 e. The van der Waals surface area contributed by atoms with Crippen LogP contribution in [0.15, 0.2) is 23.8 Å². The number of rotatable bonds is 1. The Morgan fingerprint density at radius 3 is 2.86 bits per heavy atom. The van der Waals surface area contributed by atoms with E-state index in [9.17, 15) is 5.11 Å². The molecule has 2 saturated carbocycles. The molecule has 3 aliphatic rings. The molecular weight excluding hydrogens is 264 g/mol. The van der Waals surface area contributed by atoms with Crippen LogP contribution in [-0.4, -0.2) is 18.0 Å². The molecule has 2 aliphatic carbocycles. The lowest BCUT2D eigenvalue weighted by atomic mass is 9.67. The highest BCUT2D eigenvalue weighted by atomic mass is 16.7. The van der Waals surface area contributed by atoms with Crippen molar-refractivity contribution < 1.29 is 14.6 Å². The molecule has 3 unspecified atom stereocenters. The van der Waals surface area contributed by atoms with E-state index in [-0.39, 0.29) is 6.10 Å². The molecule has 0 amide bonds. The molecular formula is C18H22O3. The Balaban J connectivity index is 1.57. The van der Waals surface area contributed by atoms with E-state index in [2.05, 4.69) is 6.08 Å². The van der Waals surface area contributed by atoms with E-state index in [0.29, 0.717) is 12.7 Å². The summed E-state index contributed by atoms with van der Waals surface area (Å²) in [7, 11) is 0. The SMILES string of the molecule is OC1/C(=C\c2ccc3c(c2)OCO3)CCC2CCCCC21. The molecule has 2 fully saturated rings. The van der Waals surface area contributed by atoms with Gasteiger partial charge >= 0.3 is 0 Å². The average Bonchev–Trinajstić information content (AvgIpc) is 2.98. The molecule has 4 rings (SSSR count). The van der Waals surface area contributed by atoms with Gasteiger partial charge in [-0.05, 0) is 54.4 Å². The van der Waals surface area contributed by atoms with E-state index in [1.54, 1.807) is 0 Å². The van der Waals surface area contributed by atoms with Gasteiger partial charge in [0.2, 0.25) is 6.79 Å². The van der Waals surface area contributed by atoms with Crippen LogP contribution in [0.4, 0.5) is 0 Å². The number of aliphatic hydroxyl groups excluding tert-OH is 1. The van der Waals surface area contributed by atoms with E-state index in [1.165, 1.54) is 37.7 Å². The van der Waals surface area contributed by atoms with Crippen molar-refractivity contribution >= 4 is 6.08 Å². The van der Waals surface area contributed by atoms with Gasteiger partial charge in [-0.25, -0.2) is 0 Å². The van der Waals surface area contributed by atoms with Gasteiger partial charge in [0, 0.05) is 0 Å². The van der Waals surface area contributed by atoms with Crippen molar-refractivity contribution in [3.63, 3.8) is 0 Å². The first kappa shape index (κ1) is 13.2. The van der Waals surface area contributed by atoms with E-state index in [4.69, 9.17) is 9.47 Å². The molecule has 3 nitrogen and oxygen atoms in total. The van der Waals surface area contributed by atoms with Crippen LogP contribution in [0.25, 0.3) is 6.08 Å². The average molecular weight is 286 g/mol. The fraction of sp³-hybridized carbons (Fsp3) is 0.556. The molecule has 1 aliphatic heterocycles. The Morgan fingerprint density at radius 1 is 1.05 bits per heavy atom. The first-order chi connectivity index (χ1) is 10.3. The molecule has 0 radical (unpaired) electrons. The molecule has 0 saturated heterocycles. The monoisotopic (exact) mass is 286 g/mol. The van der Waals surface area contributed by atoms with Gasteiger partial charge in [0.25, 0.3) is 0 Å². The zero-order chi connectivity index (χ0) is 14.2. The fourth-order valence-electron chi connectivity index (χ4n) is 4.16. The molecule has 1 N–H and O–H groups in total. The van der Waals surface area contributed by atoms with Crippen LogP contribution in [0.5, 0.6) is 11.5 Å². The van der Waals surface area contributed by atoms with Crippen LogP contribution < -0.4 is 9.47 Å². The summed E-state index contributed by atoms with van der Waals surface area (Å²) in [5.41, 5.74) is 2.29. The van der Waals surface area contributed by atoms with Crippen LogP contribution >= 0.6 is 0 Å². The minimum absolute atomic E-state index is 0.255. The van der Waals surface area contributed by atoms with E-state index < -0.39 is 0 Å². The highest BCUT2D eigenvalue weighted by molar-refractivity contribution is 5.59. The molecule has 1 aromatic rings. The first-order valence-corrected chi connectivity index (χ1v) is 8.09. The van der Waals surface area contributed by atoms with Crippen LogP contribution in [0.3, 0.4) is 0 Å². The zero-order valence-electron chi connectivity index (χ0n) is 12.3. The lowest BCUT2D eigenvalue weighted by Gasteiger charge is -2.40. The molecule has 1 heterocycles. The minimum Gasteiger partial charge on any atom is -0.454 e. The summed E-state index contributed by atoms with van der Waals surface area (Å²) >= 11 is 0. The summed E-state index contributed by atoms with van der Waals surface area (Å²) in [5, 5.41) is 10.7. The van der Waals surface area contributed by atoms with Gasteiger partial charge in [-0.2, -0.15) is 0 Å². The van der Waals surface area contributed by atoms with Gasteiger partial charge in [0.1, 0.15) is 0 Å². The molecule has 3 heteroatoms. The molecule has 0 spiro atoms. The summed E-state index contributed by atoms with van der Waals surface area (Å²) in [4.78, 5) is 0.